The van der Waals surface area contributed by atoms with Crippen LogP contribution < -0.4 is 4.90 Å². The number of anilines is 1. The summed E-state index contributed by atoms with van der Waals surface area (Å²) in [6.07, 6.45) is 3.35. The Kier molecular flexibility index (Phi) is 5.92. The first kappa shape index (κ1) is 20.9. The van der Waals surface area contributed by atoms with Gasteiger partial charge in [-0.3, -0.25) is 4.79 Å². The Morgan fingerprint density at radius 3 is 2.71 bits per heavy atom. The molecular weight excluding hydrogens is 399 g/mol. The number of nitrogens with zero attached hydrogens (tertiary/aromatic N) is 6. The molecule has 0 spiro atoms. The van der Waals surface area contributed by atoms with E-state index in [1.165, 1.54) is 12.1 Å². The molecule has 0 bridgehead atoms. The van der Waals surface area contributed by atoms with E-state index in [4.69, 9.17) is 9.51 Å². The monoisotopic (exact) mass is 424 g/mol. The topological polar surface area (TPSA) is 88.3 Å². The first-order valence-electron chi connectivity index (χ1n) is 10.3. The molecule has 8 nitrogen and oxygen atoms in total. The predicted octanol–water partition coefficient (Wildman–Crippen LogP) is 2.99. The van der Waals surface area contributed by atoms with Gasteiger partial charge in [0.2, 0.25) is 17.7 Å². The number of aryl methyl sites for hydroxylation is 2. The maximum absolute atomic E-state index is 13.4. The fraction of sp³-hybridized carbons (Fsp3) is 0.409. The number of hydrogen-bond acceptors (Lipinski definition) is 7. The van der Waals surface area contributed by atoms with Crippen LogP contribution in [0.25, 0.3) is 11.1 Å². The smallest absolute Gasteiger partial charge is 0.227 e. The van der Waals surface area contributed by atoms with E-state index in [1.54, 1.807) is 25.3 Å². The zero-order chi connectivity index (χ0) is 22.0. The number of rotatable bonds is 6. The SMILES string of the molecule is Cc1noc(CCC(=O)N2CCC(c3nc(N(C)C)ncc3-c3ccc(F)cc3)C2)n1. The highest BCUT2D eigenvalue weighted by atomic mass is 19.1. The number of carbonyl (C=O) groups excluding carboxylic acids is 1. The molecule has 1 fully saturated rings. The highest BCUT2D eigenvalue weighted by molar-refractivity contribution is 5.77. The van der Waals surface area contributed by atoms with E-state index in [9.17, 15) is 9.18 Å². The number of benzene rings is 1. The van der Waals surface area contributed by atoms with E-state index in [0.29, 0.717) is 43.6 Å². The Morgan fingerprint density at radius 2 is 2.03 bits per heavy atom. The van der Waals surface area contributed by atoms with Crippen LogP contribution in [-0.2, 0) is 11.2 Å². The summed E-state index contributed by atoms with van der Waals surface area (Å²) in [5, 5.41) is 3.76. The van der Waals surface area contributed by atoms with E-state index in [2.05, 4.69) is 15.1 Å². The van der Waals surface area contributed by atoms with Gasteiger partial charge in [0.1, 0.15) is 5.82 Å². The molecular formula is C22H25FN6O2. The number of hydrogen-bond donors (Lipinski definition) is 0. The third-order valence-electron chi connectivity index (χ3n) is 5.41. The average Bonchev–Trinajstić information content (AvgIpc) is 3.41. The Bertz CT molecular complexity index is 1070. The van der Waals surface area contributed by atoms with Gasteiger partial charge in [0.15, 0.2) is 5.82 Å². The largest absolute Gasteiger partial charge is 0.347 e. The van der Waals surface area contributed by atoms with Crippen molar-refractivity contribution in [3.63, 3.8) is 0 Å². The molecule has 0 N–H and O–H groups in total. The molecule has 0 saturated carbocycles. The summed E-state index contributed by atoms with van der Waals surface area (Å²) in [6, 6.07) is 6.33. The fourth-order valence-corrected chi connectivity index (χ4v) is 3.79. The average molecular weight is 424 g/mol. The van der Waals surface area contributed by atoms with Crippen LogP contribution in [0, 0.1) is 12.7 Å². The van der Waals surface area contributed by atoms with Crippen LogP contribution >= 0.6 is 0 Å². The molecule has 9 heteroatoms. The molecule has 3 aromatic rings. The van der Waals surface area contributed by atoms with E-state index >= 15 is 0 Å². The Morgan fingerprint density at radius 1 is 1.26 bits per heavy atom. The van der Waals surface area contributed by atoms with Gasteiger partial charge < -0.3 is 14.3 Å². The van der Waals surface area contributed by atoms with Crippen LogP contribution in [0.4, 0.5) is 10.3 Å². The second-order valence-electron chi connectivity index (χ2n) is 7.93. The van der Waals surface area contributed by atoms with Crippen molar-refractivity contribution < 1.29 is 13.7 Å². The van der Waals surface area contributed by atoms with Crippen LogP contribution in [0.1, 0.15) is 36.2 Å². The lowest BCUT2D eigenvalue weighted by Gasteiger charge is -2.19. The van der Waals surface area contributed by atoms with Crippen LogP contribution in [0.2, 0.25) is 0 Å². The zero-order valence-corrected chi connectivity index (χ0v) is 17.9. The van der Waals surface area contributed by atoms with Crippen molar-refractivity contribution in [3.05, 3.63) is 53.7 Å². The molecule has 1 saturated heterocycles. The van der Waals surface area contributed by atoms with E-state index in [1.807, 2.05) is 23.9 Å². The van der Waals surface area contributed by atoms with Crippen molar-refractivity contribution in [2.75, 3.05) is 32.1 Å². The molecule has 3 heterocycles. The molecule has 1 atom stereocenters. The number of amides is 1. The summed E-state index contributed by atoms with van der Waals surface area (Å²) >= 11 is 0. The summed E-state index contributed by atoms with van der Waals surface area (Å²) in [5.41, 5.74) is 2.61. The Hall–Kier alpha value is -3.36. The first-order valence-corrected chi connectivity index (χ1v) is 10.3. The Labute approximate surface area is 180 Å². The summed E-state index contributed by atoms with van der Waals surface area (Å²) in [4.78, 5) is 29.8. The zero-order valence-electron chi connectivity index (χ0n) is 17.9. The minimum absolute atomic E-state index is 0.0589. The molecule has 0 radical (unpaired) electrons. The number of likely N-dealkylation sites (tertiary alicyclic amines) is 1. The molecule has 162 valence electrons. The van der Waals surface area contributed by atoms with E-state index in [-0.39, 0.29) is 17.6 Å². The summed E-state index contributed by atoms with van der Waals surface area (Å²) in [5.74, 6) is 1.51. The lowest BCUT2D eigenvalue weighted by Crippen LogP contribution is -2.28. The molecule has 1 amide bonds. The molecule has 0 aliphatic carbocycles. The van der Waals surface area contributed by atoms with Crippen molar-refractivity contribution in [1.82, 2.24) is 25.0 Å². The number of halogens is 1. The molecule has 1 aliphatic rings. The number of carbonyl (C=O) groups is 1. The third kappa shape index (κ3) is 4.70. The van der Waals surface area contributed by atoms with E-state index in [0.717, 1.165) is 23.2 Å². The summed E-state index contributed by atoms with van der Waals surface area (Å²) in [7, 11) is 3.78. The van der Waals surface area contributed by atoms with Crippen LogP contribution in [0.3, 0.4) is 0 Å². The standard InChI is InChI=1S/C22H25FN6O2/c1-14-25-19(31-27-14)8-9-20(30)29-11-10-16(13-29)21-18(12-24-22(26-21)28(2)3)15-4-6-17(23)7-5-15/h4-7,12,16H,8-11,13H2,1-3H3. The van der Waals surface area contributed by atoms with Crippen molar-refractivity contribution in [1.29, 1.82) is 0 Å². The van der Waals surface area contributed by atoms with Gasteiger partial charge in [-0.25, -0.2) is 14.4 Å². The summed E-state index contributed by atoms with van der Waals surface area (Å²) in [6.45, 7) is 3.00. The Balaban J connectivity index is 1.52. The maximum atomic E-state index is 13.4. The maximum Gasteiger partial charge on any atom is 0.227 e. The van der Waals surface area contributed by atoms with Crippen LogP contribution in [0.5, 0.6) is 0 Å². The predicted molar refractivity (Wildman–Crippen MR) is 113 cm³/mol. The van der Waals surface area contributed by atoms with Crippen molar-refractivity contribution in [2.24, 2.45) is 0 Å². The molecule has 4 rings (SSSR count). The second-order valence-corrected chi connectivity index (χ2v) is 7.93. The van der Waals surface area contributed by atoms with E-state index < -0.39 is 0 Å². The lowest BCUT2D eigenvalue weighted by atomic mass is 9.96. The van der Waals surface area contributed by atoms with Gasteiger partial charge in [0, 0.05) is 57.7 Å². The molecule has 2 aromatic heterocycles. The van der Waals surface area contributed by atoms with Gasteiger partial charge in [0.25, 0.3) is 0 Å². The van der Waals surface area contributed by atoms with Gasteiger partial charge in [-0.2, -0.15) is 4.98 Å². The van der Waals surface area contributed by atoms with Crippen molar-refractivity contribution >= 4 is 11.9 Å². The molecule has 1 unspecified atom stereocenters. The highest BCUT2D eigenvalue weighted by Crippen LogP contribution is 2.34. The van der Waals surface area contributed by atoms with Crippen LogP contribution in [0.15, 0.2) is 35.0 Å². The fourth-order valence-electron chi connectivity index (χ4n) is 3.79. The lowest BCUT2D eigenvalue weighted by molar-refractivity contribution is -0.130. The van der Waals surface area contributed by atoms with Gasteiger partial charge in [-0.15, -0.1) is 0 Å². The molecule has 1 aromatic carbocycles. The quantitative estimate of drug-likeness (QED) is 0.601. The highest BCUT2D eigenvalue weighted by Gasteiger charge is 2.30. The number of aromatic nitrogens is 4. The van der Waals surface area contributed by atoms with Gasteiger partial charge in [-0.05, 0) is 31.0 Å². The van der Waals surface area contributed by atoms with Gasteiger partial charge in [0.05, 0.1) is 5.69 Å². The minimum Gasteiger partial charge on any atom is -0.347 e. The van der Waals surface area contributed by atoms with Crippen LogP contribution in [-0.4, -0.2) is 58.1 Å². The summed E-state index contributed by atoms with van der Waals surface area (Å²) < 4.78 is 18.5. The van der Waals surface area contributed by atoms with Gasteiger partial charge in [-0.1, -0.05) is 17.3 Å². The third-order valence-corrected chi connectivity index (χ3v) is 5.41. The first-order chi connectivity index (χ1) is 14.9. The molecule has 1 aliphatic heterocycles. The molecule has 31 heavy (non-hydrogen) atoms. The van der Waals surface area contributed by atoms with Crippen molar-refractivity contribution in [2.45, 2.75) is 32.1 Å². The minimum atomic E-state index is -0.287. The van der Waals surface area contributed by atoms with Gasteiger partial charge >= 0.3 is 0 Å². The van der Waals surface area contributed by atoms with Crippen molar-refractivity contribution in [3.8, 4) is 11.1 Å². The normalized spacial score (nSPS) is 16.0. The second kappa shape index (κ2) is 8.79.